The molecule has 0 atom stereocenters. The topological polar surface area (TPSA) is 96.1 Å². The average Bonchev–Trinajstić information content (AvgIpc) is 3.22. The van der Waals surface area contributed by atoms with Gasteiger partial charge in [0.15, 0.2) is 11.6 Å². The first-order chi connectivity index (χ1) is 15.4. The van der Waals surface area contributed by atoms with Crippen molar-refractivity contribution in [2.45, 2.75) is 6.42 Å². The zero-order valence-corrected chi connectivity index (χ0v) is 16.3. The SMILES string of the molecule is O=C(CC(=O)Nc1cc(F)ccc1F)Nc1ccc(Oc2ccnc3[nH]ccc23)c(F)c1. The highest BCUT2D eigenvalue weighted by Crippen LogP contribution is 2.31. The van der Waals surface area contributed by atoms with E-state index < -0.39 is 35.7 Å². The molecule has 0 saturated heterocycles. The van der Waals surface area contributed by atoms with E-state index in [4.69, 9.17) is 4.74 Å². The molecule has 0 bridgehead atoms. The number of rotatable bonds is 6. The Morgan fingerprint density at radius 1 is 0.906 bits per heavy atom. The fourth-order valence-electron chi connectivity index (χ4n) is 2.94. The molecule has 0 aliphatic heterocycles. The van der Waals surface area contributed by atoms with Crippen molar-refractivity contribution < 1.29 is 27.5 Å². The molecule has 0 aliphatic rings. The number of carbonyl (C=O) groups excluding carboxylic acids is 2. The van der Waals surface area contributed by atoms with E-state index in [1.807, 2.05) is 0 Å². The average molecular weight is 440 g/mol. The van der Waals surface area contributed by atoms with Crippen LogP contribution in [-0.2, 0) is 9.59 Å². The van der Waals surface area contributed by atoms with Crippen molar-refractivity contribution in [1.82, 2.24) is 9.97 Å². The lowest BCUT2D eigenvalue weighted by Gasteiger charge is -2.10. The minimum atomic E-state index is -0.861. The van der Waals surface area contributed by atoms with Crippen LogP contribution in [0.4, 0.5) is 24.5 Å². The largest absolute Gasteiger partial charge is 0.453 e. The van der Waals surface area contributed by atoms with Gasteiger partial charge in [-0.3, -0.25) is 9.59 Å². The van der Waals surface area contributed by atoms with Gasteiger partial charge in [0, 0.05) is 30.2 Å². The maximum absolute atomic E-state index is 14.5. The molecule has 2 amide bonds. The van der Waals surface area contributed by atoms with E-state index >= 15 is 0 Å². The first-order valence-corrected chi connectivity index (χ1v) is 9.33. The minimum Gasteiger partial charge on any atom is -0.453 e. The van der Waals surface area contributed by atoms with Gasteiger partial charge in [-0.2, -0.15) is 0 Å². The summed E-state index contributed by atoms with van der Waals surface area (Å²) in [5.41, 5.74) is 0.289. The second-order valence-corrected chi connectivity index (χ2v) is 6.69. The number of pyridine rings is 1. The predicted molar refractivity (Wildman–Crippen MR) is 111 cm³/mol. The molecule has 162 valence electrons. The lowest BCUT2D eigenvalue weighted by atomic mass is 10.2. The molecule has 4 rings (SSSR count). The third-order valence-electron chi connectivity index (χ3n) is 4.38. The molecule has 0 unspecified atom stereocenters. The minimum absolute atomic E-state index is 0.0731. The molecule has 2 aromatic heterocycles. The number of aromatic nitrogens is 2. The lowest BCUT2D eigenvalue weighted by molar-refractivity contribution is -0.123. The normalized spacial score (nSPS) is 10.7. The van der Waals surface area contributed by atoms with Crippen LogP contribution in [0.1, 0.15) is 6.42 Å². The highest BCUT2D eigenvalue weighted by molar-refractivity contribution is 6.08. The van der Waals surface area contributed by atoms with Gasteiger partial charge in [0.2, 0.25) is 11.8 Å². The van der Waals surface area contributed by atoms with E-state index in [2.05, 4.69) is 20.6 Å². The Labute approximate surface area is 179 Å². The van der Waals surface area contributed by atoms with Crippen LogP contribution < -0.4 is 15.4 Å². The van der Waals surface area contributed by atoms with Gasteiger partial charge in [-0.1, -0.05) is 0 Å². The second-order valence-electron chi connectivity index (χ2n) is 6.69. The van der Waals surface area contributed by atoms with Crippen molar-refractivity contribution in [1.29, 1.82) is 0 Å². The molecule has 0 spiro atoms. The van der Waals surface area contributed by atoms with Gasteiger partial charge in [0.1, 0.15) is 29.5 Å². The van der Waals surface area contributed by atoms with E-state index in [0.29, 0.717) is 16.8 Å². The van der Waals surface area contributed by atoms with Gasteiger partial charge in [0.05, 0.1) is 11.1 Å². The van der Waals surface area contributed by atoms with E-state index in [1.54, 1.807) is 18.3 Å². The number of aromatic amines is 1. The maximum atomic E-state index is 14.5. The number of anilines is 2. The molecular weight excluding hydrogens is 425 g/mol. The molecule has 0 saturated carbocycles. The molecule has 3 N–H and O–H groups in total. The summed E-state index contributed by atoms with van der Waals surface area (Å²) in [5.74, 6) is -3.63. The number of nitrogens with zero attached hydrogens (tertiary/aromatic N) is 1. The van der Waals surface area contributed by atoms with Crippen molar-refractivity contribution in [3.8, 4) is 11.5 Å². The summed E-state index contributed by atoms with van der Waals surface area (Å²) >= 11 is 0. The summed E-state index contributed by atoms with van der Waals surface area (Å²) in [4.78, 5) is 31.0. The van der Waals surface area contributed by atoms with Gasteiger partial charge in [-0.25, -0.2) is 18.2 Å². The van der Waals surface area contributed by atoms with Crippen LogP contribution >= 0.6 is 0 Å². The van der Waals surface area contributed by atoms with Crippen molar-refractivity contribution in [2.24, 2.45) is 0 Å². The van der Waals surface area contributed by atoms with Gasteiger partial charge in [-0.15, -0.1) is 0 Å². The molecule has 7 nitrogen and oxygen atoms in total. The van der Waals surface area contributed by atoms with Crippen LogP contribution in [0.3, 0.4) is 0 Å². The Morgan fingerprint density at radius 2 is 1.72 bits per heavy atom. The Morgan fingerprint density at radius 3 is 2.53 bits per heavy atom. The van der Waals surface area contributed by atoms with Crippen LogP contribution in [0.25, 0.3) is 11.0 Å². The summed E-state index contributed by atoms with van der Waals surface area (Å²) in [5, 5.41) is 5.15. The first kappa shape index (κ1) is 20.9. The molecule has 4 aromatic rings. The summed E-state index contributed by atoms with van der Waals surface area (Å²) in [6, 6.07) is 9.63. The number of benzene rings is 2. The van der Waals surface area contributed by atoms with Crippen LogP contribution in [0.15, 0.2) is 60.9 Å². The number of carbonyl (C=O) groups is 2. The van der Waals surface area contributed by atoms with Crippen molar-refractivity contribution in [3.05, 3.63) is 78.4 Å². The highest BCUT2D eigenvalue weighted by Gasteiger charge is 2.15. The second kappa shape index (κ2) is 8.80. The molecule has 2 aromatic carbocycles. The molecular formula is C22H15F3N4O3. The number of hydrogen-bond acceptors (Lipinski definition) is 4. The van der Waals surface area contributed by atoms with Gasteiger partial charge in [-0.05, 0) is 36.4 Å². The van der Waals surface area contributed by atoms with Crippen molar-refractivity contribution in [3.63, 3.8) is 0 Å². The molecule has 2 heterocycles. The van der Waals surface area contributed by atoms with Crippen LogP contribution in [0, 0.1) is 17.5 Å². The van der Waals surface area contributed by atoms with E-state index in [1.165, 1.54) is 18.3 Å². The first-order valence-electron chi connectivity index (χ1n) is 9.33. The van der Waals surface area contributed by atoms with E-state index in [9.17, 15) is 22.8 Å². The fourth-order valence-corrected chi connectivity index (χ4v) is 2.94. The maximum Gasteiger partial charge on any atom is 0.233 e. The summed E-state index contributed by atoms with van der Waals surface area (Å²) in [6.45, 7) is 0. The zero-order valence-electron chi connectivity index (χ0n) is 16.3. The number of hydrogen-bond donors (Lipinski definition) is 3. The number of H-pyrrole nitrogens is 1. The Kier molecular flexibility index (Phi) is 5.75. The summed E-state index contributed by atoms with van der Waals surface area (Å²) in [6.07, 6.45) is 2.51. The third kappa shape index (κ3) is 4.69. The van der Waals surface area contributed by atoms with Crippen molar-refractivity contribution >= 4 is 34.2 Å². The monoisotopic (exact) mass is 440 g/mol. The molecule has 0 aliphatic carbocycles. The van der Waals surface area contributed by atoms with Crippen LogP contribution in [0.5, 0.6) is 11.5 Å². The summed E-state index contributed by atoms with van der Waals surface area (Å²) < 4.78 is 46.9. The summed E-state index contributed by atoms with van der Waals surface area (Å²) in [7, 11) is 0. The molecule has 0 fully saturated rings. The number of nitrogens with one attached hydrogen (secondary N) is 3. The molecule has 10 heteroatoms. The van der Waals surface area contributed by atoms with Crippen molar-refractivity contribution in [2.75, 3.05) is 10.6 Å². The number of halogens is 3. The zero-order chi connectivity index (χ0) is 22.7. The highest BCUT2D eigenvalue weighted by atomic mass is 19.1. The van der Waals surface area contributed by atoms with E-state index in [0.717, 1.165) is 24.3 Å². The third-order valence-corrected chi connectivity index (χ3v) is 4.38. The fraction of sp³-hybridized carbons (Fsp3) is 0.0455. The van der Waals surface area contributed by atoms with E-state index in [-0.39, 0.29) is 17.1 Å². The number of amides is 2. The predicted octanol–water partition coefficient (Wildman–Crippen LogP) is 4.74. The Bertz CT molecular complexity index is 1320. The lowest BCUT2D eigenvalue weighted by Crippen LogP contribution is -2.22. The number of ether oxygens (including phenoxy) is 1. The van der Waals surface area contributed by atoms with Crippen LogP contribution in [-0.4, -0.2) is 21.8 Å². The smallest absolute Gasteiger partial charge is 0.233 e. The van der Waals surface area contributed by atoms with Crippen LogP contribution in [0.2, 0.25) is 0 Å². The Balaban J connectivity index is 1.38. The standard InChI is InChI=1S/C22H15F3N4O3/c23-12-1-3-15(24)17(9-12)29-21(31)11-20(30)28-13-2-4-19(16(25)10-13)32-18-6-8-27-22-14(18)5-7-26-22/h1-10H,11H2,(H,26,27)(H,28,30)(H,29,31). The molecule has 0 radical (unpaired) electrons. The Hall–Kier alpha value is -4.34. The molecule has 32 heavy (non-hydrogen) atoms. The van der Waals surface area contributed by atoms with Gasteiger partial charge >= 0.3 is 0 Å². The van der Waals surface area contributed by atoms with Gasteiger partial charge in [0.25, 0.3) is 0 Å². The van der Waals surface area contributed by atoms with Gasteiger partial charge < -0.3 is 20.4 Å². The number of fused-ring (bicyclic) bond motifs is 1. The quantitative estimate of drug-likeness (QED) is 0.378.